The Hall–Kier alpha value is -1.74. The van der Waals surface area contributed by atoms with E-state index >= 15 is 0 Å². The minimum atomic E-state index is -0.249. The number of hydrogen-bond donors (Lipinski definition) is 1. The maximum absolute atomic E-state index is 11.7. The molecule has 0 radical (unpaired) electrons. The van der Waals surface area contributed by atoms with Crippen LogP contribution in [0.25, 0.3) is 0 Å². The summed E-state index contributed by atoms with van der Waals surface area (Å²) < 4.78 is 5.02. The van der Waals surface area contributed by atoms with E-state index in [0.717, 1.165) is 18.7 Å². The van der Waals surface area contributed by atoms with Crippen LogP contribution in [0.2, 0.25) is 5.02 Å². The summed E-state index contributed by atoms with van der Waals surface area (Å²) in [5, 5.41) is 0.671. The molecule has 0 aliphatic carbocycles. The number of piperazine rings is 1. The van der Waals surface area contributed by atoms with Crippen LogP contribution in [0, 0.1) is 11.8 Å². The molecule has 1 unspecified atom stereocenters. The van der Waals surface area contributed by atoms with E-state index < -0.39 is 0 Å². The molecule has 1 aromatic carbocycles. The van der Waals surface area contributed by atoms with Gasteiger partial charge in [-0.15, -0.1) is 0 Å². The maximum atomic E-state index is 11.7. The summed E-state index contributed by atoms with van der Waals surface area (Å²) in [6.45, 7) is 5.41. The van der Waals surface area contributed by atoms with Crippen LogP contribution in [0.3, 0.4) is 0 Å². The van der Waals surface area contributed by atoms with Gasteiger partial charge in [0.25, 0.3) is 0 Å². The second kappa shape index (κ2) is 8.78. The van der Waals surface area contributed by atoms with Gasteiger partial charge in [-0.05, 0) is 25.1 Å². The molecule has 2 rings (SSSR count). The fraction of sp³-hybridized carbons (Fsp3) is 0.471. The van der Waals surface area contributed by atoms with Crippen molar-refractivity contribution in [3.8, 4) is 11.8 Å². The van der Waals surface area contributed by atoms with Crippen LogP contribution in [0.15, 0.2) is 24.3 Å². The highest BCUT2D eigenvalue weighted by atomic mass is 35.5. The van der Waals surface area contributed by atoms with Gasteiger partial charge < -0.3 is 15.4 Å². The number of benzene rings is 1. The summed E-state index contributed by atoms with van der Waals surface area (Å²) in [4.78, 5) is 15.6. The molecule has 0 bridgehead atoms. The molecule has 23 heavy (non-hydrogen) atoms. The average Bonchev–Trinajstić information content (AvgIpc) is 2.56. The van der Waals surface area contributed by atoms with Crippen molar-refractivity contribution < 1.29 is 9.53 Å². The SMILES string of the molecule is CCOC(=O)N1CCN(C(C#Cc2cccc(Cl)c2)CN)CC1. The minimum Gasteiger partial charge on any atom is -0.450 e. The lowest BCUT2D eigenvalue weighted by atomic mass is 10.1. The van der Waals surface area contributed by atoms with Gasteiger partial charge in [-0.2, -0.15) is 0 Å². The second-order valence-corrected chi connectivity index (χ2v) is 5.69. The molecule has 1 heterocycles. The first kappa shape index (κ1) is 17.6. The fourth-order valence-corrected chi connectivity index (χ4v) is 2.65. The van der Waals surface area contributed by atoms with E-state index in [-0.39, 0.29) is 12.1 Å². The smallest absolute Gasteiger partial charge is 0.409 e. The first-order chi connectivity index (χ1) is 11.1. The Bertz CT molecular complexity index is 589. The molecule has 1 saturated heterocycles. The lowest BCUT2D eigenvalue weighted by molar-refractivity contribution is 0.0744. The normalized spacial score (nSPS) is 16.4. The molecule has 1 aromatic rings. The van der Waals surface area contributed by atoms with Crippen molar-refractivity contribution in [1.29, 1.82) is 0 Å². The summed E-state index contributed by atoms with van der Waals surface area (Å²) in [7, 11) is 0. The zero-order chi connectivity index (χ0) is 16.7. The predicted octanol–water partition coefficient (Wildman–Crippen LogP) is 1.79. The molecule has 6 heteroatoms. The van der Waals surface area contributed by atoms with Gasteiger partial charge in [-0.25, -0.2) is 4.79 Å². The number of amides is 1. The molecule has 5 nitrogen and oxygen atoms in total. The molecule has 124 valence electrons. The first-order valence-corrected chi connectivity index (χ1v) is 8.14. The Kier molecular flexibility index (Phi) is 6.72. The highest BCUT2D eigenvalue weighted by Crippen LogP contribution is 2.10. The molecule has 1 amide bonds. The molecule has 2 N–H and O–H groups in total. The quantitative estimate of drug-likeness (QED) is 0.856. The molecule has 1 fully saturated rings. The molecule has 1 aliphatic heterocycles. The van der Waals surface area contributed by atoms with Gasteiger partial charge in [0.15, 0.2) is 0 Å². The van der Waals surface area contributed by atoms with Gasteiger partial charge in [-0.3, -0.25) is 4.90 Å². The Balaban J connectivity index is 1.94. The van der Waals surface area contributed by atoms with Crippen LogP contribution in [0.4, 0.5) is 4.79 Å². The van der Waals surface area contributed by atoms with E-state index in [0.29, 0.717) is 31.3 Å². The van der Waals surface area contributed by atoms with Crippen molar-refractivity contribution in [2.24, 2.45) is 5.73 Å². The number of ether oxygens (including phenoxy) is 1. The number of halogens is 1. The molecule has 0 spiro atoms. The third-order valence-corrected chi connectivity index (χ3v) is 3.95. The minimum absolute atomic E-state index is 0.0293. The predicted molar refractivity (Wildman–Crippen MR) is 91.3 cm³/mol. The number of nitrogens with zero attached hydrogens (tertiary/aromatic N) is 2. The summed E-state index contributed by atoms with van der Waals surface area (Å²) in [5.41, 5.74) is 6.74. The summed E-state index contributed by atoms with van der Waals surface area (Å²) in [6.07, 6.45) is -0.249. The van der Waals surface area contributed by atoms with Gasteiger partial charge >= 0.3 is 6.09 Å². The average molecular weight is 336 g/mol. The largest absolute Gasteiger partial charge is 0.450 e. The van der Waals surface area contributed by atoms with Crippen LogP contribution in [-0.4, -0.2) is 61.3 Å². The van der Waals surface area contributed by atoms with Crippen LogP contribution in [-0.2, 0) is 4.74 Å². The van der Waals surface area contributed by atoms with Crippen LogP contribution >= 0.6 is 11.6 Å². The van der Waals surface area contributed by atoms with Gasteiger partial charge in [-0.1, -0.05) is 29.5 Å². The highest BCUT2D eigenvalue weighted by molar-refractivity contribution is 6.30. The Morgan fingerprint density at radius 3 is 2.74 bits per heavy atom. The van der Waals surface area contributed by atoms with Crippen LogP contribution in [0.5, 0.6) is 0 Å². The van der Waals surface area contributed by atoms with E-state index in [1.807, 2.05) is 31.2 Å². The van der Waals surface area contributed by atoms with Crippen LogP contribution in [0.1, 0.15) is 12.5 Å². The number of carbonyl (C=O) groups excluding carboxylic acids is 1. The summed E-state index contributed by atoms with van der Waals surface area (Å²) in [5.74, 6) is 6.34. The molecule has 1 aliphatic rings. The van der Waals surface area contributed by atoms with Crippen LogP contribution < -0.4 is 5.73 Å². The monoisotopic (exact) mass is 335 g/mol. The third-order valence-electron chi connectivity index (χ3n) is 3.71. The van der Waals surface area contributed by atoms with E-state index in [4.69, 9.17) is 22.1 Å². The van der Waals surface area contributed by atoms with E-state index in [2.05, 4.69) is 16.7 Å². The van der Waals surface area contributed by atoms with Crippen molar-refractivity contribution in [2.75, 3.05) is 39.3 Å². The fourth-order valence-electron chi connectivity index (χ4n) is 2.46. The first-order valence-electron chi connectivity index (χ1n) is 7.77. The Morgan fingerprint density at radius 2 is 2.13 bits per heavy atom. The Labute approximate surface area is 142 Å². The zero-order valence-corrected chi connectivity index (χ0v) is 14.1. The van der Waals surface area contributed by atoms with Gasteiger partial charge in [0.05, 0.1) is 12.6 Å². The highest BCUT2D eigenvalue weighted by Gasteiger charge is 2.25. The standard InChI is InChI=1S/C17H22ClN3O2/c1-2-23-17(22)21-10-8-20(9-11-21)16(13-19)7-6-14-4-3-5-15(18)12-14/h3-5,12,16H,2,8-11,13,19H2,1H3. The van der Waals surface area contributed by atoms with Crippen molar-refractivity contribution in [3.63, 3.8) is 0 Å². The number of hydrogen-bond acceptors (Lipinski definition) is 4. The maximum Gasteiger partial charge on any atom is 0.409 e. The van der Waals surface area contributed by atoms with E-state index in [9.17, 15) is 4.79 Å². The number of nitrogens with two attached hydrogens (primary N) is 1. The van der Waals surface area contributed by atoms with Gasteiger partial charge in [0.1, 0.15) is 0 Å². The number of carbonyl (C=O) groups is 1. The van der Waals surface area contributed by atoms with Crippen molar-refractivity contribution >= 4 is 17.7 Å². The summed E-state index contributed by atoms with van der Waals surface area (Å²) >= 11 is 5.96. The molecular weight excluding hydrogens is 314 g/mol. The van der Waals surface area contributed by atoms with Crippen molar-refractivity contribution in [3.05, 3.63) is 34.9 Å². The molecule has 0 aromatic heterocycles. The zero-order valence-electron chi connectivity index (χ0n) is 13.3. The Morgan fingerprint density at radius 1 is 1.39 bits per heavy atom. The van der Waals surface area contributed by atoms with E-state index in [1.54, 1.807) is 4.90 Å². The van der Waals surface area contributed by atoms with Crippen molar-refractivity contribution in [1.82, 2.24) is 9.80 Å². The molecule has 1 atom stereocenters. The van der Waals surface area contributed by atoms with E-state index in [1.165, 1.54) is 0 Å². The lowest BCUT2D eigenvalue weighted by Crippen LogP contribution is -2.53. The number of rotatable bonds is 3. The second-order valence-electron chi connectivity index (χ2n) is 5.25. The van der Waals surface area contributed by atoms with Crippen molar-refractivity contribution in [2.45, 2.75) is 13.0 Å². The molecule has 0 saturated carbocycles. The molecular formula is C17H22ClN3O2. The third kappa shape index (κ3) is 5.14. The topological polar surface area (TPSA) is 58.8 Å². The van der Waals surface area contributed by atoms with Gasteiger partial charge in [0, 0.05) is 43.3 Å². The van der Waals surface area contributed by atoms with Gasteiger partial charge in [0.2, 0.25) is 0 Å². The summed E-state index contributed by atoms with van der Waals surface area (Å²) in [6, 6.07) is 7.42. The lowest BCUT2D eigenvalue weighted by Gasteiger charge is -2.36.